The van der Waals surface area contributed by atoms with Crippen molar-refractivity contribution in [1.82, 2.24) is 4.98 Å². The van der Waals surface area contributed by atoms with Gasteiger partial charge in [-0.2, -0.15) is 0 Å². The highest BCUT2D eigenvalue weighted by molar-refractivity contribution is 7.48. The molecule has 140 valence electrons. The Hall–Kier alpha value is -1.46. The van der Waals surface area contributed by atoms with Gasteiger partial charge in [0.15, 0.2) is 0 Å². The van der Waals surface area contributed by atoms with Gasteiger partial charge in [-0.05, 0) is 50.9 Å². The van der Waals surface area contributed by atoms with Crippen molar-refractivity contribution in [2.75, 3.05) is 0 Å². The van der Waals surface area contributed by atoms with Crippen LogP contribution in [0.25, 0.3) is 0 Å². The molecule has 1 aromatic heterocycles. The summed E-state index contributed by atoms with van der Waals surface area (Å²) in [6, 6.07) is 11.0. The van der Waals surface area contributed by atoms with Gasteiger partial charge in [-0.25, -0.2) is 0 Å². The molecule has 0 aliphatic carbocycles. The molecule has 0 radical (unpaired) electrons. The second kappa shape index (κ2) is 7.28. The van der Waals surface area contributed by atoms with Crippen LogP contribution in [0.4, 0.5) is 0 Å². The van der Waals surface area contributed by atoms with E-state index in [2.05, 4.69) is 91.3 Å². The SMILES string of the molecule is CC(C)(C)c1cc(C(C)(C)C)c(/P=C/c2ccccn2)c(C(C)(C)C)c1. The van der Waals surface area contributed by atoms with E-state index < -0.39 is 0 Å². The predicted molar refractivity (Wildman–Crippen MR) is 118 cm³/mol. The van der Waals surface area contributed by atoms with Crippen LogP contribution < -0.4 is 5.30 Å². The third-order valence-corrected chi connectivity index (χ3v) is 5.74. The first-order valence-corrected chi connectivity index (χ1v) is 10.4. The monoisotopic (exact) mass is 367 g/mol. The summed E-state index contributed by atoms with van der Waals surface area (Å²) in [7, 11) is 1.22. The normalized spacial score (nSPS) is 13.4. The number of nitrogens with zero attached hydrogens (tertiary/aromatic N) is 1. The molecule has 0 fully saturated rings. The Bertz CT molecular complexity index is 747. The zero-order valence-corrected chi connectivity index (χ0v) is 18.8. The number of benzene rings is 1. The number of hydrogen-bond acceptors (Lipinski definition) is 1. The van der Waals surface area contributed by atoms with Crippen LogP contribution in [0.2, 0.25) is 0 Å². The maximum atomic E-state index is 4.47. The van der Waals surface area contributed by atoms with Gasteiger partial charge in [0.25, 0.3) is 0 Å². The van der Waals surface area contributed by atoms with Crippen LogP contribution in [0, 0.1) is 0 Å². The van der Waals surface area contributed by atoms with E-state index in [0.29, 0.717) is 0 Å². The Morgan fingerprint density at radius 2 is 1.31 bits per heavy atom. The van der Waals surface area contributed by atoms with Gasteiger partial charge in [0.2, 0.25) is 0 Å². The van der Waals surface area contributed by atoms with Crippen LogP contribution in [-0.4, -0.2) is 10.8 Å². The van der Waals surface area contributed by atoms with E-state index >= 15 is 0 Å². The molecule has 0 unspecified atom stereocenters. The van der Waals surface area contributed by atoms with E-state index in [4.69, 9.17) is 0 Å². The van der Waals surface area contributed by atoms with Crippen molar-refractivity contribution < 1.29 is 0 Å². The van der Waals surface area contributed by atoms with Crippen LogP contribution in [0.15, 0.2) is 36.5 Å². The summed E-state index contributed by atoms with van der Waals surface area (Å²) in [6.07, 6.45) is 1.86. The van der Waals surface area contributed by atoms with E-state index in [1.165, 1.54) is 30.2 Å². The van der Waals surface area contributed by atoms with Crippen molar-refractivity contribution in [1.29, 1.82) is 0 Å². The highest BCUT2D eigenvalue weighted by atomic mass is 31.1. The standard InChI is InChI=1S/C24H34NP/c1-22(2,3)17-14-19(23(4,5)6)21(20(15-17)24(7,8)9)26-16-18-12-10-11-13-25-18/h10-16H,1-9H3. The van der Waals surface area contributed by atoms with E-state index in [1.807, 2.05) is 18.3 Å². The van der Waals surface area contributed by atoms with E-state index in [1.54, 1.807) is 0 Å². The Labute approximate surface area is 162 Å². The van der Waals surface area contributed by atoms with Crippen LogP contribution in [0.1, 0.15) is 84.7 Å². The van der Waals surface area contributed by atoms with Gasteiger partial charge in [-0.3, -0.25) is 4.98 Å². The molecule has 0 N–H and O–H groups in total. The van der Waals surface area contributed by atoms with Gasteiger partial charge in [0.1, 0.15) is 0 Å². The minimum atomic E-state index is 0.0988. The van der Waals surface area contributed by atoms with Crippen molar-refractivity contribution in [2.45, 2.75) is 78.6 Å². The largest absolute Gasteiger partial charge is 0.257 e. The lowest BCUT2D eigenvalue weighted by atomic mass is 9.75. The van der Waals surface area contributed by atoms with Crippen LogP contribution in [0.5, 0.6) is 0 Å². The molecule has 1 heterocycles. The fraction of sp³-hybridized carbons (Fsp3) is 0.500. The molecule has 0 saturated heterocycles. The zero-order valence-electron chi connectivity index (χ0n) is 17.9. The first-order valence-electron chi connectivity index (χ1n) is 9.45. The minimum Gasteiger partial charge on any atom is -0.257 e. The van der Waals surface area contributed by atoms with E-state index in [-0.39, 0.29) is 16.2 Å². The van der Waals surface area contributed by atoms with Crippen LogP contribution in [0.3, 0.4) is 0 Å². The molecule has 1 nitrogen and oxygen atoms in total. The van der Waals surface area contributed by atoms with Crippen molar-refractivity contribution in [2.24, 2.45) is 0 Å². The summed E-state index contributed by atoms with van der Waals surface area (Å²) in [5, 5.41) is 1.43. The smallest absolute Gasteiger partial charge is 0.0675 e. The Kier molecular flexibility index (Phi) is 5.83. The highest BCUT2D eigenvalue weighted by Gasteiger charge is 2.28. The van der Waals surface area contributed by atoms with E-state index in [0.717, 1.165) is 5.69 Å². The summed E-state index contributed by atoms with van der Waals surface area (Å²) >= 11 is 0. The molecule has 0 spiro atoms. The Balaban J connectivity index is 2.76. The average Bonchev–Trinajstić information content (AvgIpc) is 2.50. The van der Waals surface area contributed by atoms with Crippen molar-refractivity contribution in [3.63, 3.8) is 0 Å². The lowest BCUT2D eigenvalue weighted by molar-refractivity contribution is 0.554. The molecule has 0 atom stereocenters. The van der Waals surface area contributed by atoms with Crippen molar-refractivity contribution >= 4 is 19.3 Å². The number of rotatable bonds is 2. The maximum Gasteiger partial charge on any atom is 0.0675 e. The lowest BCUT2D eigenvalue weighted by Crippen LogP contribution is -2.29. The number of hydrogen-bond donors (Lipinski definition) is 0. The Morgan fingerprint density at radius 1 is 0.769 bits per heavy atom. The highest BCUT2D eigenvalue weighted by Crippen LogP contribution is 2.35. The molecule has 26 heavy (non-hydrogen) atoms. The molecular formula is C24H34NP. The number of aromatic nitrogens is 1. The van der Waals surface area contributed by atoms with Crippen LogP contribution >= 0.6 is 8.20 Å². The molecule has 2 heteroatoms. The third kappa shape index (κ3) is 5.04. The summed E-state index contributed by atoms with van der Waals surface area (Å²) in [4.78, 5) is 4.47. The van der Waals surface area contributed by atoms with Gasteiger partial charge in [-0.1, -0.05) is 88.7 Å². The molecule has 0 aliphatic rings. The van der Waals surface area contributed by atoms with Gasteiger partial charge >= 0.3 is 0 Å². The quantitative estimate of drug-likeness (QED) is 0.560. The molecule has 2 aromatic rings. The van der Waals surface area contributed by atoms with Gasteiger partial charge in [-0.15, -0.1) is 0 Å². The topological polar surface area (TPSA) is 12.9 Å². The Morgan fingerprint density at radius 3 is 1.69 bits per heavy atom. The fourth-order valence-corrected chi connectivity index (χ4v) is 4.43. The molecule has 0 saturated carbocycles. The van der Waals surface area contributed by atoms with Gasteiger partial charge in [0, 0.05) is 11.5 Å². The molecule has 0 aliphatic heterocycles. The average molecular weight is 368 g/mol. The van der Waals surface area contributed by atoms with Crippen molar-refractivity contribution in [3.8, 4) is 0 Å². The third-order valence-electron chi connectivity index (χ3n) is 4.61. The van der Waals surface area contributed by atoms with Crippen LogP contribution in [-0.2, 0) is 16.2 Å². The van der Waals surface area contributed by atoms with Crippen molar-refractivity contribution in [3.05, 3.63) is 58.9 Å². The first kappa shape index (κ1) is 20.8. The van der Waals surface area contributed by atoms with Gasteiger partial charge < -0.3 is 0 Å². The number of pyridine rings is 1. The molecule has 2 rings (SSSR count). The molecule has 0 bridgehead atoms. The summed E-state index contributed by atoms with van der Waals surface area (Å²) in [5.74, 6) is 2.23. The second-order valence-electron chi connectivity index (χ2n) is 10.2. The summed E-state index contributed by atoms with van der Waals surface area (Å²) < 4.78 is 0. The predicted octanol–water partition coefficient (Wildman–Crippen LogP) is 6.40. The first-order chi connectivity index (χ1) is 11.8. The van der Waals surface area contributed by atoms with Gasteiger partial charge in [0.05, 0.1) is 5.69 Å². The molecule has 0 amide bonds. The molecular weight excluding hydrogens is 333 g/mol. The van der Waals surface area contributed by atoms with E-state index in [9.17, 15) is 0 Å². The lowest BCUT2D eigenvalue weighted by Gasteiger charge is -2.32. The molecule has 1 aromatic carbocycles. The summed E-state index contributed by atoms with van der Waals surface area (Å²) in [5.41, 5.74) is 5.69. The maximum absolute atomic E-state index is 4.47. The minimum absolute atomic E-state index is 0.0988. The second-order valence-corrected chi connectivity index (χ2v) is 11.1. The summed E-state index contributed by atoms with van der Waals surface area (Å²) in [6.45, 7) is 20.8. The zero-order chi connectivity index (χ0) is 19.8. The fourth-order valence-electron chi connectivity index (χ4n) is 2.93.